The molecule has 0 aromatic heterocycles. The van der Waals surface area contributed by atoms with Gasteiger partial charge >= 0.3 is 0 Å². The van der Waals surface area contributed by atoms with Crippen LogP contribution in [-0.2, 0) is 0 Å². The Kier molecular flexibility index (Phi) is 2.58. The summed E-state index contributed by atoms with van der Waals surface area (Å²) in [7, 11) is 2.07. The first-order valence-corrected chi connectivity index (χ1v) is 7.11. The van der Waals surface area contributed by atoms with Crippen molar-refractivity contribution < 1.29 is 9.31 Å². The highest BCUT2D eigenvalue weighted by Gasteiger charge is 2.27. The van der Waals surface area contributed by atoms with Gasteiger partial charge in [0.25, 0.3) is 0 Å². The normalized spacial score (nSPS) is 19.3. The number of allylic oxidation sites excluding steroid dienone is 3. The van der Waals surface area contributed by atoms with Gasteiger partial charge in [-0.2, -0.15) is 0 Å². The lowest BCUT2D eigenvalue weighted by Gasteiger charge is -2.18. The van der Waals surface area contributed by atoms with Gasteiger partial charge in [0, 0.05) is 11.6 Å². The first kappa shape index (κ1) is 12.2. The highest BCUT2D eigenvalue weighted by molar-refractivity contribution is 6.14. The Bertz CT molecular complexity index is 840. The van der Waals surface area contributed by atoms with Gasteiger partial charge in [-0.1, -0.05) is 30.3 Å². The Morgan fingerprint density at radius 1 is 0.905 bits per heavy atom. The molecule has 0 unspecified atom stereocenters. The molecule has 0 saturated heterocycles. The largest absolute Gasteiger partial charge is 0.456 e. The Labute approximate surface area is 124 Å². The SMILES string of the molecule is CC1=C/C(=C2/C=[N+](C)c3ccccc32)Oc2ccccc21. The average molecular weight is 274 g/mol. The van der Waals surface area contributed by atoms with Gasteiger partial charge in [0.05, 0.1) is 11.1 Å². The minimum absolute atomic E-state index is 0.919. The summed E-state index contributed by atoms with van der Waals surface area (Å²) in [5.74, 6) is 1.85. The molecular weight excluding hydrogens is 258 g/mol. The van der Waals surface area contributed by atoms with Gasteiger partial charge in [-0.15, -0.1) is 0 Å². The van der Waals surface area contributed by atoms with Gasteiger partial charge in [-0.05, 0) is 30.7 Å². The van der Waals surface area contributed by atoms with E-state index in [1.165, 1.54) is 22.4 Å². The van der Waals surface area contributed by atoms with E-state index in [4.69, 9.17) is 4.74 Å². The van der Waals surface area contributed by atoms with Crippen molar-refractivity contribution in [2.75, 3.05) is 7.05 Å². The molecule has 2 heterocycles. The van der Waals surface area contributed by atoms with Gasteiger partial charge in [0.1, 0.15) is 18.6 Å². The second kappa shape index (κ2) is 4.45. The quantitative estimate of drug-likeness (QED) is 0.654. The number of hydrogen-bond donors (Lipinski definition) is 0. The van der Waals surface area contributed by atoms with Crippen molar-refractivity contribution in [1.29, 1.82) is 0 Å². The maximum Gasteiger partial charge on any atom is 0.213 e. The van der Waals surface area contributed by atoms with Crippen molar-refractivity contribution in [2.45, 2.75) is 6.92 Å². The molecule has 2 aromatic rings. The minimum atomic E-state index is 0.919. The van der Waals surface area contributed by atoms with E-state index in [1.54, 1.807) is 0 Å². The summed E-state index contributed by atoms with van der Waals surface area (Å²) in [5.41, 5.74) is 5.98. The van der Waals surface area contributed by atoms with Crippen LogP contribution >= 0.6 is 0 Å². The molecule has 0 radical (unpaired) electrons. The second-order valence-corrected chi connectivity index (χ2v) is 5.46. The van der Waals surface area contributed by atoms with Crippen LogP contribution in [0.2, 0.25) is 0 Å². The van der Waals surface area contributed by atoms with E-state index in [0.29, 0.717) is 0 Å². The molecule has 2 heteroatoms. The topological polar surface area (TPSA) is 12.2 Å². The maximum atomic E-state index is 6.14. The van der Waals surface area contributed by atoms with Gasteiger partial charge < -0.3 is 4.74 Å². The smallest absolute Gasteiger partial charge is 0.213 e. The van der Waals surface area contributed by atoms with Crippen LogP contribution < -0.4 is 4.74 Å². The lowest BCUT2D eigenvalue weighted by atomic mass is 9.99. The van der Waals surface area contributed by atoms with E-state index in [1.807, 2.05) is 18.2 Å². The van der Waals surface area contributed by atoms with Crippen molar-refractivity contribution in [3.8, 4) is 5.75 Å². The van der Waals surface area contributed by atoms with Gasteiger partial charge in [-0.3, -0.25) is 0 Å². The van der Waals surface area contributed by atoms with Crippen LogP contribution in [0.4, 0.5) is 5.69 Å². The Morgan fingerprint density at radius 3 is 2.48 bits per heavy atom. The Morgan fingerprint density at radius 2 is 1.62 bits per heavy atom. The first-order valence-electron chi connectivity index (χ1n) is 7.11. The number of nitrogens with zero attached hydrogens (tertiary/aromatic N) is 1. The summed E-state index contributed by atoms with van der Waals surface area (Å²) in [5, 5.41) is 0. The predicted octanol–water partition coefficient (Wildman–Crippen LogP) is 4.25. The van der Waals surface area contributed by atoms with Gasteiger partial charge in [-0.25, -0.2) is 4.58 Å². The molecule has 0 N–H and O–H groups in total. The monoisotopic (exact) mass is 274 g/mol. The van der Waals surface area contributed by atoms with Crippen LogP contribution in [0.25, 0.3) is 11.1 Å². The molecule has 21 heavy (non-hydrogen) atoms. The molecule has 0 saturated carbocycles. The van der Waals surface area contributed by atoms with Crippen LogP contribution in [0.3, 0.4) is 0 Å². The van der Waals surface area contributed by atoms with E-state index in [0.717, 1.165) is 17.1 Å². The highest BCUT2D eigenvalue weighted by atomic mass is 16.5. The Hall–Kier alpha value is -2.61. The molecule has 0 spiro atoms. The molecule has 0 atom stereocenters. The average Bonchev–Trinajstić information content (AvgIpc) is 2.85. The zero-order chi connectivity index (χ0) is 14.4. The molecular formula is C19H16NO+. The van der Waals surface area contributed by atoms with Crippen LogP contribution in [0.15, 0.2) is 60.4 Å². The second-order valence-electron chi connectivity index (χ2n) is 5.46. The molecule has 0 fully saturated rings. The van der Waals surface area contributed by atoms with Crippen LogP contribution in [0, 0.1) is 0 Å². The fraction of sp³-hybridized carbons (Fsp3) is 0.105. The van der Waals surface area contributed by atoms with E-state index in [9.17, 15) is 0 Å². The predicted molar refractivity (Wildman–Crippen MR) is 86.0 cm³/mol. The number of para-hydroxylation sites is 2. The van der Waals surface area contributed by atoms with E-state index < -0.39 is 0 Å². The zero-order valence-electron chi connectivity index (χ0n) is 12.1. The summed E-state index contributed by atoms with van der Waals surface area (Å²) < 4.78 is 8.28. The number of rotatable bonds is 0. The standard InChI is InChI=1S/C19H16NO/c1-13-11-19(21-18-10-6-4-7-14(13)18)16-12-20(2)17-9-5-3-8-15(16)17/h3-12H,1-2H3/q+1/b19-16+. The summed E-state index contributed by atoms with van der Waals surface area (Å²) in [6.07, 6.45) is 4.27. The number of ether oxygens (including phenoxy) is 1. The first-order chi connectivity index (χ1) is 10.2. The van der Waals surface area contributed by atoms with Gasteiger partial charge in [0.15, 0.2) is 6.21 Å². The zero-order valence-corrected chi connectivity index (χ0v) is 12.1. The van der Waals surface area contributed by atoms with Gasteiger partial charge in [0.2, 0.25) is 5.69 Å². The molecule has 0 amide bonds. The van der Waals surface area contributed by atoms with Crippen molar-refractivity contribution >= 4 is 23.0 Å². The van der Waals surface area contributed by atoms with Crippen LogP contribution in [0.5, 0.6) is 5.75 Å². The van der Waals surface area contributed by atoms with Crippen molar-refractivity contribution in [3.63, 3.8) is 0 Å². The van der Waals surface area contributed by atoms with Crippen molar-refractivity contribution in [3.05, 3.63) is 71.5 Å². The fourth-order valence-corrected chi connectivity index (χ4v) is 2.97. The molecule has 2 aromatic carbocycles. The maximum absolute atomic E-state index is 6.14. The van der Waals surface area contributed by atoms with E-state index in [-0.39, 0.29) is 0 Å². The lowest BCUT2D eigenvalue weighted by molar-refractivity contribution is -0.395. The highest BCUT2D eigenvalue weighted by Crippen LogP contribution is 2.38. The molecule has 0 aliphatic carbocycles. The van der Waals surface area contributed by atoms with Crippen LogP contribution in [0.1, 0.15) is 18.1 Å². The minimum Gasteiger partial charge on any atom is -0.456 e. The molecule has 4 rings (SSSR count). The van der Waals surface area contributed by atoms with Crippen molar-refractivity contribution in [1.82, 2.24) is 0 Å². The summed E-state index contributed by atoms with van der Waals surface area (Å²) in [4.78, 5) is 0. The molecule has 2 nitrogen and oxygen atoms in total. The van der Waals surface area contributed by atoms with Crippen LogP contribution in [-0.4, -0.2) is 17.8 Å². The van der Waals surface area contributed by atoms with E-state index in [2.05, 4.69) is 61.2 Å². The molecule has 2 aliphatic rings. The fourth-order valence-electron chi connectivity index (χ4n) is 2.97. The number of benzene rings is 2. The summed E-state index contributed by atoms with van der Waals surface area (Å²) in [6.45, 7) is 2.13. The summed E-state index contributed by atoms with van der Waals surface area (Å²) >= 11 is 0. The molecule has 2 aliphatic heterocycles. The number of hydrogen-bond acceptors (Lipinski definition) is 1. The number of fused-ring (bicyclic) bond motifs is 2. The summed E-state index contributed by atoms with van der Waals surface area (Å²) in [6, 6.07) is 16.6. The third-order valence-electron chi connectivity index (χ3n) is 4.04. The van der Waals surface area contributed by atoms with E-state index >= 15 is 0 Å². The molecule has 102 valence electrons. The lowest BCUT2D eigenvalue weighted by Crippen LogP contribution is -2.05. The van der Waals surface area contributed by atoms with Crippen molar-refractivity contribution in [2.24, 2.45) is 0 Å². The molecule has 0 bridgehead atoms. The third kappa shape index (κ3) is 1.83. The third-order valence-corrected chi connectivity index (χ3v) is 4.04. The Balaban J connectivity index is 1.92.